The van der Waals surface area contributed by atoms with Gasteiger partial charge in [0.1, 0.15) is 6.61 Å². The minimum Gasteiger partial charge on any atom is -0.462 e. The van der Waals surface area contributed by atoms with Gasteiger partial charge in [-0.25, -0.2) is 0 Å². The molecule has 3 aromatic heterocycles. The zero-order valence-electron chi connectivity index (χ0n) is 55.1. The molecule has 494 valence electrons. The molecule has 0 saturated carbocycles. The molecule has 17 aromatic rings. The smallest absolute Gasteiger partial charge is 0.342 e. The van der Waals surface area contributed by atoms with E-state index in [-0.39, 0.29) is 6.61 Å². The van der Waals surface area contributed by atoms with Gasteiger partial charge in [-0.2, -0.15) is 13.2 Å². The van der Waals surface area contributed by atoms with E-state index in [4.69, 9.17) is 14.2 Å². The molecule has 0 N–H and O–H groups in total. The minimum absolute atomic E-state index is 0.327. The molecule has 0 saturated heterocycles. The highest BCUT2D eigenvalue weighted by molar-refractivity contribution is 9.10. The summed E-state index contributed by atoms with van der Waals surface area (Å²) in [5.41, 5.74) is 23.7. The Kier molecular flexibility index (Phi) is 17.4. The van der Waals surface area contributed by atoms with Crippen molar-refractivity contribution in [1.29, 1.82) is 0 Å². The van der Waals surface area contributed by atoms with E-state index in [1.807, 2.05) is 12.1 Å². The zero-order valence-corrected chi connectivity index (χ0v) is 57.5. The molecular formula is C91H63BrF3N3O3S. The maximum atomic E-state index is 13.6. The number of fused-ring (bicyclic) bond motifs is 9. The molecule has 14 aromatic carbocycles. The highest BCUT2D eigenvalue weighted by Gasteiger charge is 2.21. The van der Waals surface area contributed by atoms with Crippen molar-refractivity contribution < 1.29 is 27.4 Å². The van der Waals surface area contributed by atoms with E-state index in [1.165, 1.54) is 43.0 Å². The van der Waals surface area contributed by atoms with Crippen LogP contribution in [-0.4, -0.2) is 9.13 Å². The van der Waals surface area contributed by atoms with E-state index in [2.05, 4.69) is 327 Å². The standard InChI is InChI=1S/C91H63BrF3N3O3S/c92-72-40-30-68(31-41-72)70-38-50-85-81(52-70)77-8-1-4-12-83(77)97(85)75-46-32-66(33-47-75)64-26-20-61(21-27-64)56-99-54-59-16-18-60(19-17-59)55-100-57-62-22-28-65(29-23-62)67-34-48-76(49-35-67)98-84-13-5-2-9-78(84)82-53-71(39-51-86(82)98)69-36-44-74(45-37-69)96(73-42-24-63(25-43-73)58-101-91(95)90(93)94)87-14-7-11-80-79-10-3-6-15-88(79)102-89(80)87/h1-53H,54-58H2. The van der Waals surface area contributed by atoms with Crippen LogP contribution in [0.15, 0.2) is 338 Å². The molecule has 6 nitrogen and oxygen atoms in total. The fourth-order valence-corrected chi connectivity index (χ4v) is 15.6. The minimum atomic E-state index is -2.48. The summed E-state index contributed by atoms with van der Waals surface area (Å²) in [5, 5.41) is 7.14. The Morgan fingerprint density at radius 2 is 0.676 bits per heavy atom. The lowest BCUT2D eigenvalue weighted by Crippen LogP contribution is -2.10. The lowest BCUT2D eigenvalue weighted by molar-refractivity contribution is 0.105. The molecule has 0 bridgehead atoms. The highest BCUT2D eigenvalue weighted by Crippen LogP contribution is 2.46. The number of halogens is 4. The molecule has 0 unspecified atom stereocenters. The maximum absolute atomic E-state index is 13.6. The molecule has 0 aliphatic carbocycles. The lowest BCUT2D eigenvalue weighted by atomic mass is 10.0. The van der Waals surface area contributed by atoms with Crippen LogP contribution in [-0.2, 0) is 47.2 Å². The molecule has 17 rings (SSSR count). The van der Waals surface area contributed by atoms with Gasteiger partial charge in [-0.3, -0.25) is 0 Å². The summed E-state index contributed by atoms with van der Waals surface area (Å²) in [6, 6.07) is 111. The number of nitrogens with zero attached hydrogens (tertiary/aromatic N) is 3. The van der Waals surface area contributed by atoms with Crippen LogP contribution in [0.2, 0.25) is 0 Å². The molecule has 11 heteroatoms. The van der Waals surface area contributed by atoms with E-state index in [0.717, 1.165) is 120 Å². The van der Waals surface area contributed by atoms with Gasteiger partial charge in [-0.1, -0.05) is 228 Å². The summed E-state index contributed by atoms with van der Waals surface area (Å²) < 4.78 is 64.4. The predicted octanol–water partition coefficient (Wildman–Crippen LogP) is 26.1. The molecule has 0 atom stereocenters. The van der Waals surface area contributed by atoms with Gasteiger partial charge >= 0.3 is 12.1 Å². The Bertz CT molecular complexity index is 5950. The molecule has 0 aliphatic heterocycles. The number of rotatable bonds is 20. The summed E-state index contributed by atoms with van der Waals surface area (Å²) >= 11 is 5.32. The highest BCUT2D eigenvalue weighted by atomic mass is 79.9. The molecule has 0 radical (unpaired) electrons. The van der Waals surface area contributed by atoms with Crippen molar-refractivity contribution >= 4 is 108 Å². The lowest BCUT2D eigenvalue weighted by Gasteiger charge is -2.26. The first-order chi connectivity index (χ1) is 50.2. The van der Waals surface area contributed by atoms with Gasteiger partial charge in [0.15, 0.2) is 0 Å². The molecular weight excluding hydrogens is 1350 g/mol. The summed E-state index contributed by atoms with van der Waals surface area (Å²) in [6.45, 7) is 1.73. The van der Waals surface area contributed by atoms with Gasteiger partial charge in [-0.05, 0) is 182 Å². The van der Waals surface area contributed by atoms with E-state index in [0.29, 0.717) is 32.0 Å². The molecule has 0 amide bonds. The van der Waals surface area contributed by atoms with E-state index < -0.39 is 12.1 Å². The van der Waals surface area contributed by atoms with Gasteiger partial charge in [0.25, 0.3) is 0 Å². The first-order valence-electron chi connectivity index (χ1n) is 33.9. The van der Waals surface area contributed by atoms with Crippen molar-refractivity contribution in [2.24, 2.45) is 0 Å². The molecule has 0 fully saturated rings. The molecule has 102 heavy (non-hydrogen) atoms. The molecule has 0 aliphatic rings. The van der Waals surface area contributed by atoms with Crippen LogP contribution in [0.4, 0.5) is 30.2 Å². The fraction of sp³-hybridized carbons (Fsp3) is 0.0549. The third-order valence-corrected chi connectivity index (χ3v) is 21.0. The number of hydrogen-bond acceptors (Lipinski definition) is 5. The monoisotopic (exact) mass is 1410 g/mol. The fourth-order valence-electron chi connectivity index (χ4n) is 14.1. The van der Waals surface area contributed by atoms with Gasteiger partial charge < -0.3 is 28.2 Å². The zero-order chi connectivity index (χ0) is 68.6. The predicted molar refractivity (Wildman–Crippen MR) is 417 cm³/mol. The van der Waals surface area contributed by atoms with E-state index in [1.54, 1.807) is 23.5 Å². The summed E-state index contributed by atoms with van der Waals surface area (Å²) in [5.74, 6) is 0. The Balaban J connectivity index is 0.512. The van der Waals surface area contributed by atoms with Gasteiger partial charge in [0, 0.05) is 64.2 Å². The average Bonchev–Trinajstić information content (AvgIpc) is 1.54. The van der Waals surface area contributed by atoms with Crippen molar-refractivity contribution in [3.63, 3.8) is 0 Å². The van der Waals surface area contributed by atoms with Gasteiger partial charge in [0.2, 0.25) is 0 Å². The number of ether oxygens (including phenoxy) is 3. The van der Waals surface area contributed by atoms with Crippen molar-refractivity contribution in [3.05, 3.63) is 366 Å². The van der Waals surface area contributed by atoms with E-state index >= 15 is 0 Å². The van der Waals surface area contributed by atoms with Gasteiger partial charge in [-0.15, -0.1) is 11.3 Å². The quantitative estimate of drug-likeness (QED) is 0.0713. The number of para-hydroxylation sites is 2. The van der Waals surface area contributed by atoms with Crippen LogP contribution in [0.25, 0.3) is 120 Å². The largest absolute Gasteiger partial charge is 0.462 e. The number of aromatic nitrogens is 2. The normalized spacial score (nSPS) is 11.6. The van der Waals surface area contributed by atoms with Crippen LogP contribution in [0, 0.1) is 0 Å². The van der Waals surface area contributed by atoms with Crippen molar-refractivity contribution in [2.45, 2.75) is 33.0 Å². The Morgan fingerprint density at radius 1 is 0.324 bits per heavy atom. The summed E-state index contributed by atoms with van der Waals surface area (Å²) in [4.78, 5) is 2.20. The Hall–Kier alpha value is -11.6. The number of hydrogen-bond donors (Lipinski definition) is 0. The molecule has 0 spiro atoms. The third kappa shape index (κ3) is 12.7. The van der Waals surface area contributed by atoms with Crippen LogP contribution < -0.4 is 4.90 Å². The second-order valence-electron chi connectivity index (χ2n) is 25.6. The van der Waals surface area contributed by atoms with Crippen molar-refractivity contribution in [2.75, 3.05) is 4.90 Å². The summed E-state index contributed by atoms with van der Waals surface area (Å²) in [7, 11) is 0. The topological polar surface area (TPSA) is 40.8 Å². The summed E-state index contributed by atoms with van der Waals surface area (Å²) in [6.07, 6.45) is -2.48. The van der Waals surface area contributed by atoms with Crippen LogP contribution in [0.5, 0.6) is 0 Å². The van der Waals surface area contributed by atoms with Gasteiger partial charge in [0.05, 0.1) is 58.9 Å². The Morgan fingerprint density at radius 3 is 1.16 bits per heavy atom. The number of benzene rings is 14. The van der Waals surface area contributed by atoms with Crippen molar-refractivity contribution in [3.8, 4) is 55.9 Å². The van der Waals surface area contributed by atoms with Crippen LogP contribution in [0.3, 0.4) is 0 Å². The second kappa shape index (κ2) is 27.9. The first kappa shape index (κ1) is 63.8. The van der Waals surface area contributed by atoms with E-state index in [9.17, 15) is 13.2 Å². The Labute approximate surface area is 600 Å². The molecule has 3 heterocycles. The van der Waals surface area contributed by atoms with Crippen molar-refractivity contribution in [1.82, 2.24) is 9.13 Å². The average molecular weight is 1420 g/mol. The third-order valence-electron chi connectivity index (χ3n) is 19.2. The number of anilines is 3. The van der Waals surface area contributed by atoms with Crippen LogP contribution in [0.1, 0.15) is 27.8 Å². The number of thiophene rings is 1. The maximum Gasteiger partial charge on any atom is 0.342 e. The second-order valence-corrected chi connectivity index (χ2v) is 27.6. The first-order valence-corrected chi connectivity index (χ1v) is 35.5. The SMILES string of the molecule is FC(F)=C(F)OCc1ccc(N(c2ccc(-c3ccc4c(c3)c3ccccc3n4-c3ccc(-c4ccc(COCc5ccc(COCc6ccc(-c7ccc(-n8c9ccccc9c9cc(-c%10ccc(Br)cc%10)ccc98)cc7)cc6)cc5)cc4)cc3)cc2)c2cccc3c2sc2ccccc23)cc1. The van der Waals surface area contributed by atoms with Crippen LogP contribution >= 0.6 is 27.3 Å².